The summed E-state index contributed by atoms with van der Waals surface area (Å²) in [6, 6.07) is 12.3. The van der Waals surface area contributed by atoms with Gasteiger partial charge in [0.15, 0.2) is 11.0 Å². The van der Waals surface area contributed by atoms with E-state index in [1.807, 2.05) is 25.1 Å². The topological polar surface area (TPSA) is 61.8 Å². The predicted molar refractivity (Wildman–Crippen MR) is 115 cm³/mol. The third-order valence-corrected chi connectivity index (χ3v) is 5.55. The third-order valence-electron chi connectivity index (χ3n) is 3.80. The molecule has 0 spiro atoms. The van der Waals surface area contributed by atoms with Crippen LogP contribution in [-0.4, -0.2) is 23.1 Å². The third kappa shape index (κ3) is 3.94. The summed E-state index contributed by atoms with van der Waals surface area (Å²) in [4.78, 5) is 30.6. The quantitative estimate of drug-likeness (QED) is 0.302. The van der Waals surface area contributed by atoms with Gasteiger partial charge >= 0.3 is 0 Å². The fourth-order valence-corrected chi connectivity index (χ4v) is 3.18. The number of rotatable bonds is 3. The van der Waals surface area contributed by atoms with Crippen molar-refractivity contribution in [3.63, 3.8) is 0 Å². The van der Waals surface area contributed by atoms with E-state index in [-0.39, 0.29) is 5.11 Å². The highest BCUT2D eigenvalue weighted by Gasteiger charge is 2.38. The van der Waals surface area contributed by atoms with Gasteiger partial charge in [-0.1, -0.05) is 11.6 Å². The number of carbonyl (C=O) groups is 2. The van der Waals surface area contributed by atoms with Crippen molar-refractivity contribution in [2.75, 3.05) is 4.90 Å². The van der Waals surface area contributed by atoms with E-state index in [4.69, 9.17) is 23.8 Å². The Kier molecular flexibility index (Phi) is 5.69. The largest absolute Gasteiger partial charge is 0.301 e. The Morgan fingerprint density at radius 2 is 1.92 bits per heavy atom. The predicted octanol–water partition coefficient (Wildman–Crippen LogP) is 4.02. The van der Waals surface area contributed by atoms with Crippen LogP contribution in [0.5, 0.6) is 0 Å². The molecule has 8 heteroatoms. The van der Waals surface area contributed by atoms with E-state index in [0.717, 1.165) is 9.13 Å². The van der Waals surface area contributed by atoms with Gasteiger partial charge in [-0.15, -0.1) is 0 Å². The minimum atomic E-state index is -1.06. The second-order valence-corrected chi connectivity index (χ2v) is 7.62. The Morgan fingerprint density at radius 1 is 1.23 bits per heavy atom. The lowest BCUT2D eigenvalue weighted by atomic mass is 10.1. The molecule has 132 valence electrons. The van der Waals surface area contributed by atoms with Crippen molar-refractivity contribution >= 4 is 80.9 Å². The minimum Gasteiger partial charge on any atom is -0.301 e. The first-order chi connectivity index (χ1) is 12.4. The Hall–Kier alpha value is -1.84. The molecule has 2 amide bonds. The highest BCUT2D eigenvalue weighted by molar-refractivity contribution is 14.1. The molecule has 0 aromatic heterocycles. The Labute approximate surface area is 174 Å². The summed E-state index contributed by atoms with van der Waals surface area (Å²) < 4.78 is 1.12. The van der Waals surface area contributed by atoms with E-state index in [1.54, 1.807) is 24.3 Å². The molecule has 3 rings (SSSR count). The average molecular weight is 498 g/mol. The molecular formula is C18H13ClIN3O2S. The van der Waals surface area contributed by atoms with E-state index >= 15 is 0 Å². The number of aryl methyl sites for hydroxylation is 1. The van der Waals surface area contributed by atoms with Crippen LogP contribution in [0.4, 0.5) is 11.4 Å². The summed E-state index contributed by atoms with van der Waals surface area (Å²) in [5.41, 5.74) is 2.28. The minimum absolute atomic E-state index is 0.0390. The highest BCUT2D eigenvalue weighted by atomic mass is 127. The van der Waals surface area contributed by atoms with Crippen molar-refractivity contribution in [1.82, 2.24) is 5.32 Å². The fraction of sp³-hybridized carbons (Fsp3) is 0.111. The number of hydrogen-bond donors (Lipinski definition) is 1. The molecule has 0 bridgehead atoms. The van der Waals surface area contributed by atoms with Crippen LogP contribution in [-0.2, 0) is 9.59 Å². The summed E-state index contributed by atoms with van der Waals surface area (Å²) in [6.45, 7) is 1.97. The van der Waals surface area contributed by atoms with Crippen molar-refractivity contribution in [3.8, 4) is 0 Å². The van der Waals surface area contributed by atoms with Crippen LogP contribution < -0.4 is 10.2 Å². The van der Waals surface area contributed by atoms with Crippen molar-refractivity contribution in [3.05, 3.63) is 56.6 Å². The molecule has 1 aliphatic heterocycles. The number of nitrogens with zero attached hydrogens (tertiary/aromatic N) is 2. The molecule has 1 atom stereocenters. The van der Waals surface area contributed by atoms with Crippen LogP contribution in [0.15, 0.2) is 47.5 Å². The van der Waals surface area contributed by atoms with Gasteiger partial charge < -0.3 is 5.32 Å². The number of carbonyl (C=O) groups excluding carboxylic acids is 2. The smallest absolute Gasteiger partial charge is 0.251 e. The maximum Gasteiger partial charge on any atom is 0.251 e. The second-order valence-electron chi connectivity index (χ2n) is 5.63. The van der Waals surface area contributed by atoms with Gasteiger partial charge in [-0.25, -0.2) is 0 Å². The first-order valence-corrected chi connectivity index (χ1v) is 9.48. The van der Waals surface area contributed by atoms with Gasteiger partial charge in [0, 0.05) is 14.8 Å². The number of anilines is 1. The fourth-order valence-electron chi connectivity index (χ4n) is 2.43. The van der Waals surface area contributed by atoms with Gasteiger partial charge in [-0.05, 0) is 89.8 Å². The molecular weight excluding hydrogens is 485 g/mol. The first kappa shape index (κ1) is 18.9. The van der Waals surface area contributed by atoms with Gasteiger partial charge in [0.05, 0.1) is 11.4 Å². The molecule has 26 heavy (non-hydrogen) atoms. The number of aliphatic imine (C=N–C) groups is 1. The molecule has 1 aliphatic rings. The zero-order valence-corrected chi connectivity index (χ0v) is 17.3. The van der Waals surface area contributed by atoms with Crippen LogP contribution in [0.1, 0.15) is 5.56 Å². The molecule has 5 nitrogen and oxygen atoms in total. The van der Waals surface area contributed by atoms with Crippen LogP contribution in [0.3, 0.4) is 0 Å². The van der Waals surface area contributed by atoms with E-state index in [1.165, 1.54) is 11.1 Å². The molecule has 1 N–H and O–H groups in total. The van der Waals surface area contributed by atoms with Gasteiger partial charge in [0.1, 0.15) is 0 Å². The lowest BCUT2D eigenvalue weighted by Crippen LogP contribution is -2.58. The number of amides is 2. The monoisotopic (exact) mass is 497 g/mol. The Balaban J connectivity index is 1.88. The average Bonchev–Trinajstić information content (AvgIpc) is 2.59. The molecule has 0 saturated carbocycles. The zero-order valence-electron chi connectivity index (χ0n) is 13.6. The zero-order chi connectivity index (χ0) is 18.8. The van der Waals surface area contributed by atoms with Crippen molar-refractivity contribution < 1.29 is 9.59 Å². The molecule has 2 aromatic rings. The van der Waals surface area contributed by atoms with Gasteiger partial charge in [-0.3, -0.25) is 19.5 Å². The molecule has 1 fully saturated rings. The normalized spacial score (nSPS) is 17.7. The molecule has 2 aromatic carbocycles. The van der Waals surface area contributed by atoms with Crippen molar-refractivity contribution in [2.45, 2.75) is 6.92 Å². The Bertz CT molecular complexity index is 931. The van der Waals surface area contributed by atoms with Crippen LogP contribution in [0, 0.1) is 16.4 Å². The summed E-state index contributed by atoms with van der Waals surface area (Å²) in [7, 11) is 0. The van der Waals surface area contributed by atoms with Crippen LogP contribution >= 0.6 is 46.4 Å². The molecule has 0 aliphatic carbocycles. The maximum atomic E-state index is 12.8. The van der Waals surface area contributed by atoms with E-state index in [9.17, 15) is 9.59 Å². The van der Waals surface area contributed by atoms with Gasteiger partial charge in [0.2, 0.25) is 5.91 Å². The number of benzene rings is 2. The lowest BCUT2D eigenvalue weighted by Gasteiger charge is -2.30. The SMILES string of the molecule is Cc1cc(N=C[C@@H]2C(=O)NC(=S)N(c3ccc(Cl)cc3)C2=O)ccc1I. The number of hydrogen-bond acceptors (Lipinski definition) is 4. The van der Waals surface area contributed by atoms with Crippen LogP contribution in [0.2, 0.25) is 5.02 Å². The van der Waals surface area contributed by atoms with E-state index < -0.39 is 17.7 Å². The summed E-state index contributed by atoms with van der Waals surface area (Å²) in [6.07, 6.45) is 1.35. The first-order valence-electron chi connectivity index (χ1n) is 7.61. The lowest BCUT2D eigenvalue weighted by molar-refractivity contribution is -0.130. The molecule has 0 unspecified atom stereocenters. The molecule has 1 heterocycles. The summed E-state index contributed by atoms with van der Waals surface area (Å²) in [5, 5.41) is 3.13. The summed E-state index contributed by atoms with van der Waals surface area (Å²) >= 11 is 13.3. The number of nitrogens with one attached hydrogen (secondary N) is 1. The second kappa shape index (κ2) is 7.81. The maximum absolute atomic E-state index is 12.8. The van der Waals surface area contributed by atoms with E-state index in [0.29, 0.717) is 16.4 Å². The standard InChI is InChI=1S/C18H13ClIN3O2S/c1-10-8-12(4-7-15(10)20)21-9-14-16(24)22-18(26)23(17(14)25)13-5-2-11(19)3-6-13/h2-9,14H,1H3,(H,22,24,26)/t14-/m1/s1. The van der Waals surface area contributed by atoms with Crippen LogP contribution in [0.25, 0.3) is 0 Å². The van der Waals surface area contributed by atoms with Gasteiger partial charge in [0.25, 0.3) is 5.91 Å². The highest BCUT2D eigenvalue weighted by Crippen LogP contribution is 2.23. The summed E-state index contributed by atoms with van der Waals surface area (Å²) in [5.74, 6) is -2.00. The molecule has 0 radical (unpaired) electrons. The van der Waals surface area contributed by atoms with Crippen molar-refractivity contribution in [1.29, 1.82) is 0 Å². The number of halogens is 2. The van der Waals surface area contributed by atoms with Gasteiger partial charge in [-0.2, -0.15) is 0 Å². The Morgan fingerprint density at radius 3 is 2.58 bits per heavy atom. The van der Waals surface area contributed by atoms with E-state index in [2.05, 4.69) is 32.9 Å². The van der Waals surface area contributed by atoms with Crippen molar-refractivity contribution in [2.24, 2.45) is 10.9 Å². The molecule has 1 saturated heterocycles. The number of thiocarbonyl (C=S) groups is 1.